The molecule has 0 atom stereocenters. The van der Waals surface area contributed by atoms with Gasteiger partial charge in [-0.2, -0.15) is 0 Å². The highest BCUT2D eigenvalue weighted by atomic mass is 35.5. The molecule has 0 bridgehead atoms. The molecule has 3 aromatic carbocycles. The molecule has 8 heteroatoms. The highest BCUT2D eigenvalue weighted by Gasteiger charge is 2.16. The number of methoxy groups -OCH3 is 1. The average molecular weight is 473 g/mol. The minimum absolute atomic E-state index is 0.0387. The Labute approximate surface area is 196 Å². The smallest absolute Gasteiger partial charge is 0.321 e. The first-order chi connectivity index (χ1) is 15.3. The molecule has 32 heavy (non-hydrogen) atoms. The summed E-state index contributed by atoms with van der Waals surface area (Å²) in [7, 11) is 3.23. The van der Waals surface area contributed by atoms with Crippen LogP contribution in [0.1, 0.15) is 11.1 Å². The Kier molecular flexibility index (Phi) is 7.62. The quantitative estimate of drug-likeness (QED) is 0.444. The van der Waals surface area contributed by atoms with Crippen molar-refractivity contribution in [3.05, 3.63) is 81.8 Å². The summed E-state index contributed by atoms with van der Waals surface area (Å²) in [4.78, 5) is 24.9. The van der Waals surface area contributed by atoms with Crippen molar-refractivity contribution in [2.24, 2.45) is 0 Å². The van der Waals surface area contributed by atoms with Crippen LogP contribution in [-0.4, -0.2) is 36.2 Å². The van der Waals surface area contributed by atoms with Crippen LogP contribution in [0.4, 0.5) is 10.5 Å². The average Bonchev–Trinajstić information content (AvgIpc) is 2.74. The Bertz CT molecular complexity index is 1110. The van der Waals surface area contributed by atoms with Gasteiger partial charge in [-0.05, 0) is 29.3 Å². The van der Waals surface area contributed by atoms with Gasteiger partial charge in [0.25, 0.3) is 0 Å². The first-order valence-electron chi connectivity index (χ1n) is 9.72. The molecule has 0 aliphatic carbocycles. The first kappa shape index (κ1) is 23.4. The minimum atomic E-state index is -0.886. The van der Waals surface area contributed by atoms with Crippen molar-refractivity contribution in [1.82, 2.24) is 4.90 Å². The molecular formula is C24H22Cl2N2O4. The van der Waals surface area contributed by atoms with Crippen molar-refractivity contribution < 1.29 is 19.4 Å². The molecule has 0 saturated heterocycles. The number of carbonyl (C=O) groups excluding carboxylic acids is 1. The zero-order valence-corrected chi connectivity index (χ0v) is 19.1. The fraction of sp³-hybridized carbons (Fsp3) is 0.167. The van der Waals surface area contributed by atoms with E-state index in [-0.39, 0.29) is 12.5 Å². The summed E-state index contributed by atoms with van der Waals surface area (Å²) < 4.78 is 5.40. The van der Waals surface area contributed by atoms with Crippen LogP contribution in [0.15, 0.2) is 60.7 Å². The molecule has 3 aromatic rings. The first-order valence-corrected chi connectivity index (χ1v) is 10.5. The third kappa shape index (κ3) is 5.72. The van der Waals surface area contributed by atoms with Gasteiger partial charge in [0.2, 0.25) is 0 Å². The van der Waals surface area contributed by atoms with Crippen molar-refractivity contribution in [2.45, 2.75) is 13.0 Å². The van der Waals surface area contributed by atoms with Crippen LogP contribution in [-0.2, 0) is 17.8 Å². The molecular weight excluding hydrogens is 451 g/mol. The summed E-state index contributed by atoms with van der Waals surface area (Å²) in [5.41, 5.74) is 3.42. The van der Waals surface area contributed by atoms with Gasteiger partial charge in [-0.1, -0.05) is 65.7 Å². The maximum Gasteiger partial charge on any atom is 0.321 e. The Morgan fingerprint density at radius 1 is 1.00 bits per heavy atom. The lowest BCUT2D eigenvalue weighted by molar-refractivity contribution is -0.136. The van der Waals surface area contributed by atoms with E-state index < -0.39 is 5.97 Å². The summed E-state index contributed by atoms with van der Waals surface area (Å²) >= 11 is 13.0. The van der Waals surface area contributed by atoms with Gasteiger partial charge in [-0.15, -0.1) is 0 Å². The van der Waals surface area contributed by atoms with E-state index in [1.54, 1.807) is 50.6 Å². The maximum atomic E-state index is 12.6. The van der Waals surface area contributed by atoms with E-state index in [2.05, 4.69) is 5.32 Å². The maximum absolute atomic E-state index is 12.6. The fourth-order valence-electron chi connectivity index (χ4n) is 3.26. The van der Waals surface area contributed by atoms with Crippen molar-refractivity contribution in [3.63, 3.8) is 0 Å². The van der Waals surface area contributed by atoms with Crippen LogP contribution in [0.2, 0.25) is 10.0 Å². The van der Waals surface area contributed by atoms with Crippen LogP contribution in [0, 0.1) is 0 Å². The normalized spacial score (nSPS) is 10.5. The highest BCUT2D eigenvalue weighted by molar-refractivity contribution is 6.40. The summed E-state index contributed by atoms with van der Waals surface area (Å²) in [6, 6.07) is 17.4. The SMILES string of the molecule is COc1ccccc1-c1c(Cl)cc(NC(=O)N(C)Cc2ccc(CC(=O)O)cc2)cc1Cl. The molecule has 0 aliphatic heterocycles. The molecule has 0 unspecified atom stereocenters. The predicted octanol–water partition coefficient (Wildman–Crippen LogP) is 5.96. The van der Waals surface area contributed by atoms with Crippen molar-refractivity contribution >= 4 is 40.9 Å². The van der Waals surface area contributed by atoms with Crippen LogP contribution in [0.3, 0.4) is 0 Å². The van der Waals surface area contributed by atoms with Crippen LogP contribution in [0.25, 0.3) is 11.1 Å². The number of urea groups is 1. The number of ether oxygens (including phenoxy) is 1. The number of hydrogen-bond acceptors (Lipinski definition) is 3. The second kappa shape index (κ2) is 10.4. The van der Waals surface area contributed by atoms with Crippen molar-refractivity contribution in [2.75, 3.05) is 19.5 Å². The number of carboxylic acid groups (broad SMARTS) is 1. The van der Waals surface area contributed by atoms with E-state index in [0.29, 0.717) is 39.2 Å². The molecule has 0 saturated carbocycles. The number of nitrogens with zero attached hydrogens (tertiary/aromatic N) is 1. The molecule has 2 N–H and O–H groups in total. The summed E-state index contributed by atoms with van der Waals surface area (Å²) in [6.45, 7) is 0.347. The molecule has 0 aliphatic rings. The lowest BCUT2D eigenvalue weighted by Gasteiger charge is -2.19. The van der Waals surface area contributed by atoms with Gasteiger partial charge >= 0.3 is 12.0 Å². The number of nitrogens with one attached hydrogen (secondary N) is 1. The van der Waals surface area contributed by atoms with Gasteiger partial charge in [-0.25, -0.2) is 4.79 Å². The Morgan fingerprint density at radius 2 is 1.59 bits per heavy atom. The largest absolute Gasteiger partial charge is 0.496 e. The number of halogens is 2. The number of hydrogen-bond donors (Lipinski definition) is 2. The number of para-hydroxylation sites is 1. The van der Waals surface area contributed by atoms with E-state index in [0.717, 1.165) is 11.1 Å². The third-order valence-electron chi connectivity index (χ3n) is 4.81. The number of benzene rings is 3. The summed E-state index contributed by atoms with van der Waals surface area (Å²) in [5, 5.41) is 12.4. The second-order valence-corrected chi connectivity index (χ2v) is 8.00. The van der Waals surface area contributed by atoms with Gasteiger partial charge in [0.15, 0.2) is 0 Å². The topological polar surface area (TPSA) is 78.9 Å². The Balaban J connectivity index is 1.71. The molecule has 0 radical (unpaired) electrons. The fourth-order valence-corrected chi connectivity index (χ4v) is 3.95. The van der Waals surface area contributed by atoms with Gasteiger partial charge in [-0.3, -0.25) is 4.79 Å². The van der Waals surface area contributed by atoms with E-state index in [1.807, 2.05) is 24.3 Å². The molecule has 0 heterocycles. The van der Waals surface area contributed by atoms with Crippen LogP contribution >= 0.6 is 23.2 Å². The molecule has 0 spiro atoms. The number of anilines is 1. The number of aliphatic carboxylic acids is 1. The monoisotopic (exact) mass is 472 g/mol. The highest BCUT2D eigenvalue weighted by Crippen LogP contribution is 2.41. The van der Waals surface area contributed by atoms with Crippen molar-refractivity contribution in [3.8, 4) is 16.9 Å². The lowest BCUT2D eigenvalue weighted by Crippen LogP contribution is -2.30. The molecule has 166 valence electrons. The molecule has 0 fully saturated rings. The molecule has 3 rings (SSSR count). The molecule has 2 amide bonds. The standard InChI is InChI=1S/C24H22Cl2N2O4/c1-28(14-16-9-7-15(8-10-16)11-22(29)30)24(31)27-17-12-19(25)23(20(26)13-17)18-5-3-4-6-21(18)32-2/h3-10,12-13H,11,14H2,1-2H3,(H,27,31)(H,29,30). The predicted molar refractivity (Wildman–Crippen MR) is 127 cm³/mol. The number of amides is 2. The molecule has 6 nitrogen and oxygen atoms in total. The Morgan fingerprint density at radius 3 is 2.19 bits per heavy atom. The minimum Gasteiger partial charge on any atom is -0.496 e. The molecule has 0 aromatic heterocycles. The van der Waals surface area contributed by atoms with Gasteiger partial charge in [0.1, 0.15) is 5.75 Å². The summed E-state index contributed by atoms with van der Waals surface area (Å²) in [5.74, 6) is -0.245. The zero-order chi connectivity index (χ0) is 23.3. The van der Waals surface area contributed by atoms with Crippen molar-refractivity contribution in [1.29, 1.82) is 0 Å². The van der Waals surface area contributed by atoms with Crippen LogP contribution in [0.5, 0.6) is 5.75 Å². The van der Waals surface area contributed by atoms with E-state index in [4.69, 9.17) is 33.0 Å². The van der Waals surface area contributed by atoms with Gasteiger partial charge in [0, 0.05) is 30.4 Å². The second-order valence-electron chi connectivity index (χ2n) is 7.19. The van der Waals surface area contributed by atoms with Gasteiger partial charge in [0.05, 0.1) is 23.6 Å². The van der Waals surface area contributed by atoms with E-state index >= 15 is 0 Å². The zero-order valence-electron chi connectivity index (χ0n) is 17.6. The number of rotatable bonds is 7. The number of carbonyl (C=O) groups is 2. The van der Waals surface area contributed by atoms with E-state index in [1.165, 1.54) is 4.90 Å². The summed E-state index contributed by atoms with van der Waals surface area (Å²) in [6.07, 6.45) is -0.0387. The van der Waals surface area contributed by atoms with E-state index in [9.17, 15) is 9.59 Å². The third-order valence-corrected chi connectivity index (χ3v) is 5.41. The Hall–Kier alpha value is -3.22. The van der Waals surface area contributed by atoms with Crippen LogP contribution < -0.4 is 10.1 Å². The number of carboxylic acids is 1. The lowest BCUT2D eigenvalue weighted by atomic mass is 10.0. The van der Waals surface area contributed by atoms with Gasteiger partial charge < -0.3 is 20.1 Å².